The van der Waals surface area contributed by atoms with E-state index in [1.165, 1.54) is 12.1 Å². The normalized spacial score (nSPS) is 19.3. The van der Waals surface area contributed by atoms with Crippen LogP contribution in [-0.2, 0) is 20.3 Å². The zero-order valence-corrected chi connectivity index (χ0v) is 21.6. The Morgan fingerprint density at radius 3 is 2.50 bits per heavy atom. The van der Waals surface area contributed by atoms with Crippen molar-refractivity contribution >= 4 is 39.8 Å². The van der Waals surface area contributed by atoms with Crippen molar-refractivity contribution in [2.75, 3.05) is 32.4 Å². The van der Waals surface area contributed by atoms with E-state index in [-0.39, 0.29) is 53.5 Å². The van der Waals surface area contributed by atoms with Crippen molar-refractivity contribution in [3.05, 3.63) is 71.5 Å². The Bertz CT molecular complexity index is 972. The van der Waals surface area contributed by atoms with Gasteiger partial charge in [-0.1, -0.05) is 42.5 Å². The van der Waals surface area contributed by atoms with Crippen molar-refractivity contribution in [1.82, 2.24) is 10.2 Å². The lowest BCUT2D eigenvalue weighted by Gasteiger charge is -2.38. The summed E-state index contributed by atoms with van der Waals surface area (Å²) in [6.07, 6.45) is 0.290. The van der Waals surface area contributed by atoms with Gasteiger partial charge in [-0.15, -0.1) is 24.0 Å². The number of ether oxygens (including phenoxy) is 1. The largest absolute Gasteiger partial charge is 0.367 e. The minimum atomic E-state index is -3.17. The first-order valence-corrected chi connectivity index (χ1v) is 12.3. The summed E-state index contributed by atoms with van der Waals surface area (Å²) in [7, 11) is -1.46. The SMILES string of the molecule is CN=C(NCCCS(=O)(=O)Cc1ccccc1)N1CC(C)OC(c2ccc(F)cc2)C1.I. The van der Waals surface area contributed by atoms with Crippen LogP contribution < -0.4 is 5.32 Å². The maximum atomic E-state index is 13.2. The van der Waals surface area contributed by atoms with Gasteiger partial charge >= 0.3 is 0 Å². The summed E-state index contributed by atoms with van der Waals surface area (Å²) in [6.45, 7) is 3.76. The van der Waals surface area contributed by atoms with Gasteiger partial charge in [0.1, 0.15) is 11.9 Å². The van der Waals surface area contributed by atoms with E-state index in [1.54, 1.807) is 19.2 Å². The van der Waals surface area contributed by atoms with Gasteiger partial charge in [-0.2, -0.15) is 0 Å². The van der Waals surface area contributed by atoms with Gasteiger partial charge in [0.15, 0.2) is 15.8 Å². The van der Waals surface area contributed by atoms with Gasteiger partial charge in [-0.25, -0.2) is 12.8 Å². The van der Waals surface area contributed by atoms with Crippen LogP contribution in [0.4, 0.5) is 4.39 Å². The van der Waals surface area contributed by atoms with Crippen molar-refractivity contribution in [3.8, 4) is 0 Å². The van der Waals surface area contributed by atoms with Crippen molar-refractivity contribution < 1.29 is 17.5 Å². The minimum Gasteiger partial charge on any atom is -0.367 e. The Hall–Kier alpha value is -1.72. The Kier molecular flexibility index (Phi) is 10.4. The maximum Gasteiger partial charge on any atom is 0.193 e. The fraction of sp³-hybridized carbons (Fsp3) is 0.435. The fourth-order valence-electron chi connectivity index (χ4n) is 3.71. The van der Waals surface area contributed by atoms with E-state index in [0.29, 0.717) is 32.0 Å². The number of sulfone groups is 1. The van der Waals surface area contributed by atoms with Gasteiger partial charge in [0.25, 0.3) is 0 Å². The Labute approximate surface area is 207 Å². The highest BCUT2D eigenvalue weighted by Gasteiger charge is 2.28. The van der Waals surface area contributed by atoms with Crippen LogP contribution in [0.5, 0.6) is 0 Å². The van der Waals surface area contributed by atoms with Crippen LogP contribution in [-0.4, -0.2) is 57.8 Å². The molecule has 1 saturated heterocycles. The summed E-state index contributed by atoms with van der Waals surface area (Å²) in [5, 5.41) is 3.27. The minimum absolute atomic E-state index is 0. The number of morpholine rings is 1. The second-order valence-corrected chi connectivity index (χ2v) is 9.98. The summed E-state index contributed by atoms with van der Waals surface area (Å²) in [6, 6.07) is 15.6. The molecular formula is C23H31FIN3O3S. The highest BCUT2D eigenvalue weighted by atomic mass is 127. The molecule has 2 aromatic carbocycles. The van der Waals surface area contributed by atoms with Crippen LogP contribution in [0.1, 0.15) is 30.6 Å². The monoisotopic (exact) mass is 575 g/mol. The molecule has 0 aromatic heterocycles. The smallest absolute Gasteiger partial charge is 0.193 e. The Morgan fingerprint density at radius 1 is 1.16 bits per heavy atom. The first-order valence-electron chi connectivity index (χ1n) is 10.5. The number of guanidine groups is 1. The van der Waals surface area contributed by atoms with E-state index >= 15 is 0 Å². The van der Waals surface area contributed by atoms with Crippen LogP contribution >= 0.6 is 24.0 Å². The molecule has 1 aliphatic heterocycles. The molecule has 32 heavy (non-hydrogen) atoms. The average Bonchev–Trinajstić information content (AvgIpc) is 2.74. The number of nitrogens with zero attached hydrogens (tertiary/aromatic N) is 2. The maximum absolute atomic E-state index is 13.2. The van der Waals surface area contributed by atoms with Crippen LogP contribution in [0.15, 0.2) is 59.6 Å². The lowest BCUT2D eigenvalue weighted by molar-refractivity contribution is -0.0604. The van der Waals surface area contributed by atoms with Gasteiger partial charge in [-0.3, -0.25) is 4.99 Å². The Morgan fingerprint density at radius 2 is 1.84 bits per heavy atom. The summed E-state index contributed by atoms with van der Waals surface area (Å²) in [5.41, 5.74) is 1.72. The third kappa shape index (κ3) is 8.00. The molecule has 2 unspecified atom stereocenters. The standard InChI is InChI=1S/C23H30FN3O3S.HI/c1-18-15-27(16-22(30-18)20-9-11-21(24)12-10-20)23(25-2)26-13-6-14-31(28,29)17-19-7-4-3-5-8-19;/h3-5,7-12,18,22H,6,13-17H2,1-2H3,(H,25,26);1H. The molecule has 0 amide bonds. The van der Waals surface area contributed by atoms with Crippen molar-refractivity contribution in [3.63, 3.8) is 0 Å². The molecule has 0 bridgehead atoms. The molecule has 2 aromatic rings. The van der Waals surface area contributed by atoms with Gasteiger partial charge < -0.3 is 15.0 Å². The number of benzene rings is 2. The molecule has 9 heteroatoms. The quantitative estimate of drug-likeness (QED) is 0.236. The molecule has 0 saturated carbocycles. The van der Waals surface area contributed by atoms with E-state index in [4.69, 9.17) is 4.74 Å². The predicted molar refractivity (Wildman–Crippen MR) is 137 cm³/mol. The second-order valence-electron chi connectivity index (χ2n) is 7.80. The highest BCUT2D eigenvalue weighted by Crippen LogP contribution is 2.25. The van der Waals surface area contributed by atoms with E-state index in [9.17, 15) is 12.8 Å². The number of nitrogens with one attached hydrogen (secondary N) is 1. The molecule has 3 rings (SSSR count). The molecular weight excluding hydrogens is 544 g/mol. The summed E-state index contributed by atoms with van der Waals surface area (Å²) >= 11 is 0. The van der Waals surface area contributed by atoms with E-state index < -0.39 is 9.84 Å². The van der Waals surface area contributed by atoms with Gasteiger partial charge in [0.2, 0.25) is 0 Å². The predicted octanol–water partition coefficient (Wildman–Crippen LogP) is 3.79. The summed E-state index contributed by atoms with van der Waals surface area (Å²) < 4.78 is 44.0. The van der Waals surface area contributed by atoms with Crippen molar-refractivity contribution in [1.29, 1.82) is 0 Å². The van der Waals surface area contributed by atoms with Crippen LogP contribution in [0, 0.1) is 5.82 Å². The fourth-order valence-corrected chi connectivity index (χ4v) is 5.14. The second kappa shape index (κ2) is 12.5. The summed E-state index contributed by atoms with van der Waals surface area (Å²) in [4.78, 5) is 6.45. The molecule has 1 aliphatic rings. The molecule has 1 heterocycles. The number of aliphatic imine (C=N–C) groups is 1. The van der Waals surface area contributed by atoms with Crippen LogP contribution in [0.25, 0.3) is 0 Å². The molecule has 6 nitrogen and oxygen atoms in total. The zero-order chi connectivity index (χ0) is 22.3. The first kappa shape index (κ1) is 26.5. The lowest BCUT2D eigenvalue weighted by atomic mass is 10.1. The third-order valence-corrected chi connectivity index (χ3v) is 6.84. The van der Waals surface area contributed by atoms with Crippen LogP contribution in [0.3, 0.4) is 0 Å². The molecule has 2 atom stereocenters. The van der Waals surface area contributed by atoms with E-state index in [0.717, 1.165) is 11.1 Å². The topological polar surface area (TPSA) is 71.0 Å². The first-order chi connectivity index (χ1) is 14.9. The van der Waals surface area contributed by atoms with Crippen LogP contribution in [0.2, 0.25) is 0 Å². The summed E-state index contributed by atoms with van der Waals surface area (Å²) in [5.74, 6) is 0.610. The molecule has 0 spiro atoms. The van der Waals surface area contributed by atoms with Gasteiger partial charge in [-0.05, 0) is 36.6 Å². The number of rotatable bonds is 7. The van der Waals surface area contributed by atoms with Gasteiger partial charge in [0, 0.05) is 20.1 Å². The third-order valence-electron chi connectivity index (χ3n) is 5.16. The van der Waals surface area contributed by atoms with Gasteiger partial charge in [0.05, 0.1) is 24.2 Å². The van der Waals surface area contributed by atoms with E-state index in [2.05, 4.69) is 15.2 Å². The number of halogens is 2. The molecule has 0 aliphatic carbocycles. The highest BCUT2D eigenvalue weighted by molar-refractivity contribution is 14.0. The average molecular weight is 575 g/mol. The molecule has 176 valence electrons. The molecule has 0 radical (unpaired) electrons. The molecule has 1 fully saturated rings. The number of hydrogen-bond acceptors (Lipinski definition) is 4. The van der Waals surface area contributed by atoms with E-state index in [1.807, 2.05) is 37.3 Å². The van der Waals surface area contributed by atoms with Crippen molar-refractivity contribution in [2.24, 2.45) is 4.99 Å². The Balaban J connectivity index is 0.00000363. The number of hydrogen-bond donors (Lipinski definition) is 1. The lowest BCUT2D eigenvalue weighted by Crippen LogP contribution is -2.51. The zero-order valence-electron chi connectivity index (χ0n) is 18.4. The van der Waals surface area contributed by atoms with Crippen molar-refractivity contribution in [2.45, 2.75) is 31.3 Å². The molecule has 1 N–H and O–H groups in total.